The van der Waals surface area contributed by atoms with Gasteiger partial charge < -0.3 is 9.64 Å². The maximum absolute atomic E-state index is 6.36. The molecule has 144 valence electrons. The highest BCUT2D eigenvalue weighted by atomic mass is 16.5. The fourth-order valence-electron chi connectivity index (χ4n) is 4.42. The van der Waals surface area contributed by atoms with E-state index < -0.39 is 0 Å². The third-order valence-corrected chi connectivity index (χ3v) is 5.73. The van der Waals surface area contributed by atoms with Crippen molar-refractivity contribution in [2.75, 3.05) is 33.3 Å². The van der Waals surface area contributed by atoms with Gasteiger partial charge in [-0.2, -0.15) is 0 Å². The maximum atomic E-state index is 6.36. The summed E-state index contributed by atoms with van der Waals surface area (Å²) < 4.78 is 6.36. The molecule has 5 nitrogen and oxygen atoms in total. The summed E-state index contributed by atoms with van der Waals surface area (Å²) in [5.41, 5.74) is 3.63. The smallest absolute Gasteiger partial charge is 0.0935 e. The van der Waals surface area contributed by atoms with E-state index in [1.807, 2.05) is 18.5 Å². The quantitative estimate of drug-likeness (QED) is 0.786. The zero-order valence-corrected chi connectivity index (χ0v) is 16.5. The molecule has 2 aliphatic heterocycles. The van der Waals surface area contributed by atoms with Gasteiger partial charge in [0.25, 0.3) is 0 Å². The number of likely N-dealkylation sites (tertiary alicyclic amines) is 1. The number of hydrogen-bond donors (Lipinski definition) is 0. The van der Waals surface area contributed by atoms with E-state index in [4.69, 9.17) is 4.74 Å². The van der Waals surface area contributed by atoms with Crippen LogP contribution in [0.5, 0.6) is 0 Å². The molecule has 0 saturated carbocycles. The lowest BCUT2D eigenvalue weighted by Crippen LogP contribution is -2.64. The van der Waals surface area contributed by atoms with E-state index in [9.17, 15) is 0 Å². The molecule has 2 aromatic heterocycles. The Morgan fingerprint density at radius 1 is 1.26 bits per heavy atom. The monoisotopic (exact) mass is 366 g/mol. The minimum absolute atomic E-state index is 0.0995. The van der Waals surface area contributed by atoms with Crippen molar-refractivity contribution in [3.05, 3.63) is 59.7 Å². The van der Waals surface area contributed by atoms with Gasteiger partial charge in [-0.3, -0.25) is 14.9 Å². The van der Waals surface area contributed by atoms with Crippen molar-refractivity contribution in [2.45, 2.75) is 38.5 Å². The van der Waals surface area contributed by atoms with Crippen LogP contribution in [0, 0.1) is 12.8 Å². The van der Waals surface area contributed by atoms with Crippen LogP contribution in [0.1, 0.15) is 29.8 Å². The summed E-state index contributed by atoms with van der Waals surface area (Å²) in [5, 5.41) is 0. The maximum Gasteiger partial charge on any atom is 0.0935 e. The first-order valence-corrected chi connectivity index (χ1v) is 9.97. The molecule has 0 radical (unpaired) electrons. The standard InChI is InChI=1S/C22H30N4O/c1-18-5-3-7-21(24-18)14-26-16-22(17-26)9-8-20(15-27-22)13-25(2)12-19-6-4-10-23-11-19/h3-7,10-11,20H,8-9,12-17H2,1-2H3. The van der Waals surface area contributed by atoms with E-state index in [0.29, 0.717) is 5.92 Å². The number of nitrogens with zero attached hydrogens (tertiary/aromatic N) is 4. The number of pyridine rings is 2. The van der Waals surface area contributed by atoms with Gasteiger partial charge in [0, 0.05) is 50.8 Å². The highest BCUT2D eigenvalue weighted by Crippen LogP contribution is 2.36. The molecule has 4 rings (SSSR count). The van der Waals surface area contributed by atoms with Crippen LogP contribution in [-0.4, -0.2) is 58.7 Å². The van der Waals surface area contributed by atoms with Gasteiger partial charge in [0.1, 0.15) is 0 Å². The van der Waals surface area contributed by atoms with E-state index in [-0.39, 0.29) is 5.60 Å². The van der Waals surface area contributed by atoms with Crippen LogP contribution in [0.4, 0.5) is 0 Å². The second-order valence-electron chi connectivity index (χ2n) is 8.37. The lowest BCUT2D eigenvalue weighted by molar-refractivity contribution is -0.183. The normalized spacial score (nSPS) is 22.1. The number of rotatable bonds is 6. The molecule has 2 saturated heterocycles. The van der Waals surface area contributed by atoms with Crippen LogP contribution in [0.15, 0.2) is 42.7 Å². The Balaban J connectivity index is 1.19. The fraction of sp³-hybridized carbons (Fsp3) is 0.545. The molecule has 27 heavy (non-hydrogen) atoms. The predicted molar refractivity (Wildman–Crippen MR) is 106 cm³/mol. The Labute approximate surface area is 162 Å². The van der Waals surface area contributed by atoms with Gasteiger partial charge in [-0.15, -0.1) is 0 Å². The molecule has 2 aromatic rings. The van der Waals surface area contributed by atoms with Gasteiger partial charge >= 0.3 is 0 Å². The predicted octanol–water partition coefficient (Wildman–Crippen LogP) is 2.90. The Hall–Kier alpha value is -1.82. The molecule has 0 aromatic carbocycles. The highest BCUT2D eigenvalue weighted by molar-refractivity contribution is 5.12. The van der Waals surface area contributed by atoms with Gasteiger partial charge in [-0.1, -0.05) is 12.1 Å². The molecule has 0 aliphatic carbocycles. The van der Waals surface area contributed by atoms with Crippen LogP contribution in [-0.2, 0) is 17.8 Å². The molecule has 4 heterocycles. The first-order chi connectivity index (χ1) is 13.1. The van der Waals surface area contributed by atoms with Crippen molar-refractivity contribution in [1.29, 1.82) is 0 Å². The Morgan fingerprint density at radius 3 is 2.85 bits per heavy atom. The van der Waals surface area contributed by atoms with E-state index in [1.165, 1.54) is 18.4 Å². The minimum atomic E-state index is 0.0995. The topological polar surface area (TPSA) is 41.5 Å². The van der Waals surface area contributed by atoms with Crippen LogP contribution in [0.25, 0.3) is 0 Å². The molecule has 1 spiro atoms. The Kier molecular flexibility index (Phi) is 5.53. The highest BCUT2D eigenvalue weighted by Gasteiger charge is 2.46. The second kappa shape index (κ2) is 8.05. The first kappa shape index (κ1) is 18.5. The lowest BCUT2D eigenvalue weighted by atomic mass is 9.82. The number of aryl methyl sites for hydroxylation is 1. The van der Waals surface area contributed by atoms with E-state index >= 15 is 0 Å². The number of aromatic nitrogens is 2. The van der Waals surface area contributed by atoms with Gasteiger partial charge in [-0.25, -0.2) is 0 Å². The second-order valence-corrected chi connectivity index (χ2v) is 8.37. The number of ether oxygens (including phenoxy) is 1. The minimum Gasteiger partial charge on any atom is -0.372 e. The average molecular weight is 367 g/mol. The van der Waals surface area contributed by atoms with Gasteiger partial charge in [0.2, 0.25) is 0 Å². The van der Waals surface area contributed by atoms with Crippen LogP contribution < -0.4 is 0 Å². The van der Waals surface area contributed by atoms with E-state index in [0.717, 1.165) is 50.7 Å². The molecule has 2 aliphatic rings. The lowest BCUT2D eigenvalue weighted by Gasteiger charge is -2.53. The van der Waals surface area contributed by atoms with Gasteiger partial charge in [-0.05, 0) is 56.5 Å². The summed E-state index contributed by atoms with van der Waals surface area (Å²) in [7, 11) is 2.19. The van der Waals surface area contributed by atoms with Crippen molar-refractivity contribution in [1.82, 2.24) is 19.8 Å². The SMILES string of the molecule is Cc1cccc(CN2CC3(CCC(CN(C)Cc4cccnc4)CO3)C2)n1. The fourth-order valence-corrected chi connectivity index (χ4v) is 4.42. The van der Waals surface area contributed by atoms with Gasteiger partial charge in [0.15, 0.2) is 0 Å². The zero-order chi connectivity index (χ0) is 18.7. The molecular formula is C22H30N4O. The van der Waals surface area contributed by atoms with Crippen molar-refractivity contribution >= 4 is 0 Å². The van der Waals surface area contributed by atoms with E-state index in [2.05, 4.69) is 58.0 Å². The molecule has 1 unspecified atom stereocenters. The zero-order valence-electron chi connectivity index (χ0n) is 16.5. The Bertz CT molecular complexity index is 735. The summed E-state index contributed by atoms with van der Waals surface area (Å²) in [5.74, 6) is 0.629. The molecule has 1 atom stereocenters. The average Bonchev–Trinajstić information content (AvgIpc) is 2.63. The largest absolute Gasteiger partial charge is 0.372 e. The van der Waals surface area contributed by atoms with Crippen molar-refractivity contribution in [3.63, 3.8) is 0 Å². The third kappa shape index (κ3) is 4.72. The first-order valence-electron chi connectivity index (χ1n) is 9.97. The molecule has 0 N–H and O–H groups in total. The summed E-state index contributed by atoms with van der Waals surface area (Å²) in [6, 6.07) is 10.4. The van der Waals surface area contributed by atoms with Crippen LogP contribution in [0.3, 0.4) is 0 Å². The summed E-state index contributed by atoms with van der Waals surface area (Å²) in [6.07, 6.45) is 6.22. The van der Waals surface area contributed by atoms with Crippen LogP contribution >= 0.6 is 0 Å². The van der Waals surface area contributed by atoms with Crippen molar-refractivity contribution in [2.24, 2.45) is 5.92 Å². The van der Waals surface area contributed by atoms with E-state index in [1.54, 1.807) is 0 Å². The summed E-state index contributed by atoms with van der Waals surface area (Å²) in [6.45, 7) is 7.99. The molecule has 0 bridgehead atoms. The summed E-state index contributed by atoms with van der Waals surface area (Å²) >= 11 is 0. The molecule has 5 heteroatoms. The molecular weight excluding hydrogens is 336 g/mol. The number of hydrogen-bond acceptors (Lipinski definition) is 5. The molecule has 2 fully saturated rings. The Morgan fingerprint density at radius 2 is 2.15 bits per heavy atom. The van der Waals surface area contributed by atoms with Crippen LogP contribution in [0.2, 0.25) is 0 Å². The summed E-state index contributed by atoms with van der Waals surface area (Å²) in [4.78, 5) is 13.7. The van der Waals surface area contributed by atoms with Crippen molar-refractivity contribution in [3.8, 4) is 0 Å². The van der Waals surface area contributed by atoms with Gasteiger partial charge in [0.05, 0.1) is 17.9 Å². The van der Waals surface area contributed by atoms with Crippen molar-refractivity contribution < 1.29 is 4.74 Å². The third-order valence-electron chi connectivity index (χ3n) is 5.73. The molecule has 0 amide bonds.